The first-order valence-electron chi connectivity index (χ1n) is 6.77. The van der Waals surface area contributed by atoms with Gasteiger partial charge in [-0.1, -0.05) is 29.4 Å². The van der Waals surface area contributed by atoms with E-state index in [0.29, 0.717) is 10.2 Å². The summed E-state index contributed by atoms with van der Waals surface area (Å²) < 4.78 is 6.35. The number of imide groups is 1. The number of alkyl carbamates (subject to hydrolysis) is 1. The first-order chi connectivity index (χ1) is 11.0. The van der Waals surface area contributed by atoms with Crippen LogP contribution in [0.4, 0.5) is 4.79 Å². The van der Waals surface area contributed by atoms with Crippen LogP contribution in [-0.4, -0.2) is 39.1 Å². The maximum absolute atomic E-state index is 11.7. The number of carbonyl (C=O) groups excluding carboxylic acids is 2. The molecule has 9 heteroatoms. The molecule has 0 radical (unpaired) electrons. The van der Waals surface area contributed by atoms with E-state index >= 15 is 0 Å². The van der Waals surface area contributed by atoms with Crippen molar-refractivity contribution in [2.24, 2.45) is 0 Å². The van der Waals surface area contributed by atoms with Crippen LogP contribution in [0, 0.1) is 6.92 Å². The van der Waals surface area contributed by atoms with Gasteiger partial charge in [0.05, 0.1) is 18.0 Å². The van der Waals surface area contributed by atoms with Gasteiger partial charge in [0.15, 0.2) is 5.16 Å². The molecule has 1 heterocycles. The number of carbonyl (C=O) groups is 2. The van der Waals surface area contributed by atoms with E-state index < -0.39 is 12.0 Å². The van der Waals surface area contributed by atoms with Crippen molar-refractivity contribution in [3.63, 3.8) is 0 Å². The minimum Gasteiger partial charge on any atom is -0.450 e. The minimum atomic E-state index is -0.759. The molecule has 0 saturated heterocycles. The van der Waals surface area contributed by atoms with E-state index in [9.17, 15) is 9.59 Å². The van der Waals surface area contributed by atoms with E-state index in [0.717, 1.165) is 23.0 Å². The van der Waals surface area contributed by atoms with Gasteiger partial charge in [-0.05, 0) is 31.5 Å². The molecule has 122 valence electrons. The highest BCUT2D eigenvalue weighted by Crippen LogP contribution is 2.23. The van der Waals surface area contributed by atoms with Crippen LogP contribution in [0.5, 0.6) is 0 Å². The minimum absolute atomic E-state index is 0.0110. The molecule has 0 unspecified atom stereocenters. The third-order valence-corrected chi connectivity index (χ3v) is 4.15. The van der Waals surface area contributed by atoms with Crippen molar-refractivity contribution in [3.05, 3.63) is 35.1 Å². The fraction of sp³-hybridized carbons (Fsp3) is 0.286. The van der Waals surface area contributed by atoms with E-state index in [1.165, 1.54) is 6.33 Å². The SMILES string of the molecule is CCOC(=O)NC(=O)CSc1nncn1-c1ccc(C)c(Cl)c1. The Kier molecular flexibility index (Phi) is 6.00. The quantitative estimate of drug-likeness (QED) is 0.830. The van der Waals surface area contributed by atoms with Gasteiger partial charge in [0, 0.05) is 5.02 Å². The summed E-state index contributed by atoms with van der Waals surface area (Å²) in [6, 6.07) is 5.57. The molecule has 0 fully saturated rings. The predicted molar refractivity (Wildman–Crippen MR) is 87.0 cm³/mol. The Morgan fingerprint density at radius 3 is 2.91 bits per heavy atom. The highest BCUT2D eigenvalue weighted by Gasteiger charge is 2.13. The Morgan fingerprint density at radius 2 is 2.22 bits per heavy atom. The number of aryl methyl sites for hydroxylation is 1. The number of amides is 2. The predicted octanol–water partition coefficient (Wildman–Crippen LogP) is 2.59. The van der Waals surface area contributed by atoms with Gasteiger partial charge in [-0.2, -0.15) is 0 Å². The van der Waals surface area contributed by atoms with Gasteiger partial charge in [-0.15, -0.1) is 10.2 Å². The Balaban J connectivity index is 2.02. The first kappa shape index (κ1) is 17.3. The molecule has 0 aliphatic heterocycles. The number of aromatic nitrogens is 3. The molecular formula is C14H15ClN4O3S. The van der Waals surface area contributed by atoms with Crippen LogP contribution in [0.15, 0.2) is 29.7 Å². The number of hydrogen-bond acceptors (Lipinski definition) is 6. The lowest BCUT2D eigenvalue weighted by atomic mass is 10.2. The molecule has 23 heavy (non-hydrogen) atoms. The monoisotopic (exact) mass is 354 g/mol. The van der Waals surface area contributed by atoms with Gasteiger partial charge in [0.1, 0.15) is 6.33 Å². The highest BCUT2D eigenvalue weighted by atomic mass is 35.5. The fourth-order valence-corrected chi connectivity index (χ4v) is 2.58. The summed E-state index contributed by atoms with van der Waals surface area (Å²) >= 11 is 7.27. The van der Waals surface area contributed by atoms with Gasteiger partial charge < -0.3 is 4.74 Å². The van der Waals surface area contributed by atoms with Gasteiger partial charge in [0.2, 0.25) is 5.91 Å². The summed E-state index contributed by atoms with van der Waals surface area (Å²) in [5.41, 5.74) is 1.76. The molecule has 0 atom stereocenters. The molecule has 2 rings (SSSR count). The lowest BCUT2D eigenvalue weighted by Crippen LogP contribution is -2.32. The standard InChI is InChI=1S/C14H15ClN4O3S/c1-3-22-14(21)17-12(20)7-23-13-18-16-8-19(13)10-5-4-9(2)11(15)6-10/h4-6,8H,3,7H2,1-2H3,(H,17,20,21). The Morgan fingerprint density at radius 1 is 1.43 bits per heavy atom. The zero-order valence-corrected chi connectivity index (χ0v) is 14.1. The third kappa shape index (κ3) is 4.70. The Bertz CT molecular complexity index is 720. The summed E-state index contributed by atoms with van der Waals surface area (Å²) in [6.07, 6.45) is 0.775. The molecule has 0 bridgehead atoms. The van der Waals surface area contributed by atoms with Gasteiger partial charge in [0.25, 0.3) is 0 Å². The first-order valence-corrected chi connectivity index (χ1v) is 8.13. The van der Waals surface area contributed by atoms with Crippen LogP contribution in [0.1, 0.15) is 12.5 Å². The van der Waals surface area contributed by atoms with Crippen molar-refractivity contribution in [2.75, 3.05) is 12.4 Å². The molecule has 1 aromatic heterocycles. The Labute approximate surface area is 142 Å². The molecule has 0 spiro atoms. The lowest BCUT2D eigenvalue weighted by molar-refractivity contribution is -0.117. The van der Waals surface area contributed by atoms with Gasteiger partial charge in [-0.3, -0.25) is 14.7 Å². The number of benzene rings is 1. The van der Waals surface area contributed by atoms with Crippen LogP contribution >= 0.6 is 23.4 Å². The molecule has 0 aliphatic carbocycles. The second-order valence-corrected chi connectivity index (χ2v) is 5.82. The summed E-state index contributed by atoms with van der Waals surface area (Å²) in [6.45, 7) is 3.77. The van der Waals surface area contributed by atoms with Gasteiger partial charge >= 0.3 is 6.09 Å². The van der Waals surface area contributed by atoms with E-state index in [4.69, 9.17) is 11.6 Å². The second-order valence-electron chi connectivity index (χ2n) is 4.47. The average molecular weight is 355 g/mol. The second kappa shape index (κ2) is 7.98. The van der Waals surface area contributed by atoms with Crippen molar-refractivity contribution >= 4 is 35.4 Å². The number of nitrogens with one attached hydrogen (secondary N) is 1. The molecule has 2 aromatic rings. The summed E-state index contributed by atoms with van der Waals surface area (Å²) in [5.74, 6) is -0.457. The Hall–Kier alpha value is -2.06. The zero-order chi connectivity index (χ0) is 16.8. The zero-order valence-electron chi connectivity index (χ0n) is 12.6. The van der Waals surface area contributed by atoms with Crippen molar-refractivity contribution in [3.8, 4) is 5.69 Å². The van der Waals surface area contributed by atoms with E-state index in [1.807, 2.05) is 19.1 Å². The molecule has 2 amide bonds. The van der Waals surface area contributed by atoms with E-state index in [-0.39, 0.29) is 12.4 Å². The van der Waals surface area contributed by atoms with Crippen molar-refractivity contribution in [1.29, 1.82) is 0 Å². The largest absolute Gasteiger partial charge is 0.450 e. The van der Waals surface area contributed by atoms with Gasteiger partial charge in [-0.25, -0.2) is 4.79 Å². The number of rotatable bonds is 5. The molecular weight excluding hydrogens is 340 g/mol. The topological polar surface area (TPSA) is 86.1 Å². The summed E-state index contributed by atoms with van der Waals surface area (Å²) in [4.78, 5) is 22.8. The van der Waals surface area contributed by atoms with E-state index in [2.05, 4.69) is 20.3 Å². The number of hydrogen-bond donors (Lipinski definition) is 1. The van der Waals surface area contributed by atoms with E-state index in [1.54, 1.807) is 17.6 Å². The molecule has 0 saturated carbocycles. The molecule has 1 N–H and O–H groups in total. The number of nitrogens with zero attached hydrogens (tertiary/aromatic N) is 3. The van der Waals surface area contributed by atoms with Crippen LogP contribution in [0.2, 0.25) is 5.02 Å². The van der Waals surface area contributed by atoms with Crippen molar-refractivity contribution in [2.45, 2.75) is 19.0 Å². The number of ether oxygens (including phenoxy) is 1. The van der Waals surface area contributed by atoms with Crippen LogP contribution in [0.3, 0.4) is 0 Å². The molecule has 1 aromatic carbocycles. The maximum Gasteiger partial charge on any atom is 0.413 e. The lowest BCUT2D eigenvalue weighted by Gasteiger charge is -2.08. The smallest absolute Gasteiger partial charge is 0.413 e. The highest BCUT2D eigenvalue weighted by molar-refractivity contribution is 7.99. The average Bonchev–Trinajstić information content (AvgIpc) is 2.96. The summed E-state index contributed by atoms with van der Waals surface area (Å²) in [5, 5.41) is 11.1. The molecule has 0 aliphatic rings. The third-order valence-electron chi connectivity index (χ3n) is 2.80. The number of thioether (sulfide) groups is 1. The van der Waals surface area contributed by atoms with Crippen molar-refractivity contribution in [1.82, 2.24) is 20.1 Å². The summed E-state index contributed by atoms with van der Waals surface area (Å²) in [7, 11) is 0. The van der Waals surface area contributed by atoms with Crippen molar-refractivity contribution < 1.29 is 14.3 Å². The molecule has 7 nitrogen and oxygen atoms in total. The maximum atomic E-state index is 11.7. The number of halogens is 1. The normalized spacial score (nSPS) is 10.4. The fourth-order valence-electron chi connectivity index (χ4n) is 1.68. The van der Waals surface area contributed by atoms with Crippen LogP contribution in [0.25, 0.3) is 5.69 Å². The van der Waals surface area contributed by atoms with Crippen LogP contribution in [-0.2, 0) is 9.53 Å². The van der Waals surface area contributed by atoms with Crippen LogP contribution < -0.4 is 5.32 Å².